The molecule has 0 aliphatic carbocycles. The number of anilines is 1. The number of halogens is 2. The number of hydrogen-bond acceptors (Lipinski definition) is 2. The summed E-state index contributed by atoms with van der Waals surface area (Å²) in [6, 6.07) is 6.78. The Labute approximate surface area is 116 Å². The lowest BCUT2D eigenvalue weighted by Gasteiger charge is -2.19. The highest BCUT2D eigenvalue weighted by Crippen LogP contribution is 2.29. The van der Waals surface area contributed by atoms with Crippen LogP contribution in [0.2, 0.25) is 5.02 Å². The number of rotatable bonds is 4. The quantitative estimate of drug-likeness (QED) is 0.911. The lowest BCUT2D eigenvalue weighted by atomic mass is 10.2. The van der Waals surface area contributed by atoms with Gasteiger partial charge < -0.3 is 10.2 Å². The molecule has 1 aromatic rings. The maximum Gasteiger partial charge on any atom is 0.0549 e. The standard InChI is InChI=1S/C13H18BrClN2/c1-2-6-16-10-5-7-17(9-10)11-3-4-13(15)12(14)8-11/h3-4,8,10,16H,2,5-7,9H2,1H3. The molecule has 0 bridgehead atoms. The molecule has 4 heteroatoms. The van der Waals surface area contributed by atoms with Crippen LogP contribution in [0.25, 0.3) is 0 Å². The van der Waals surface area contributed by atoms with E-state index in [1.807, 2.05) is 6.07 Å². The normalized spacial score (nSPS) is 19.9. The number of nitrogens with one attached hydrogen (secondary N) is 1. The van der Waals surface area contributed by atoms with Crippen LogP contribution in [0, 0.1) is 0 Å². The molecule has 1 heterocycles. The first-order valence-electron chi connectivity index (χ1n) is 6.14. The summed E-state index contributed by atoms with van der Waals surface area (Å²) >= 11 is 9.48. The van der Waals surface area contributed by atoms with E-state index in [4.69, 9.17) is 11.6 Å². The molecule has 1 atom stereocenters. The van der Waals surface area contributed by atoms with Crippen LogP contribution in [0.3, 0.4) is 0 Å². The summed E-state index contributed by atoms with van der Waals surface area (Å²) in [5, 5.41) is 4.35. The van der Waals surface area contributed by atoms with Gasteiger partial charge in [-0.25, -0.2) is 0 Å². The number of nitrogens with zero attached hydrogens (tertiary/aromatic N) is 1. The van der Waals surface area contributed by atoms with Gasteiger partial charge in [0, 0.05) is 29.3 Å². The zero-order valence-electron chi connectivity index (χ0n) is 10.0. The van der Waals surface area contributed by atoms with E-state index < -0.39 is 0 Å². The van der Waals surface area contributed by atoms with E-state index in [-0.39, 0.29) is 0 Å². The van der Waals surface area contributed by atoms with Gasteiger partial charge in [0.2, 0.25) is 0 Å². The molecule has 17 heavy (non-hydrogen) atoms. The van der Waals surface area contributed by atoms with Crippen LogP contribution in [0.5, 0.6) is 0 Å². The summed E-state index contributed by atoms with van der Waals surface area (Å²) in [6.07, 6.45) is 2.42. The molecule has 0 aromatic heterocycles. The van der Waals surface area contributed by atoms with Gasteiger partial charge in [0.15, 0.2) is 0 Å². The summed E-state index contributed by atoms with van der Waals surface area (Å²) in [5.41, 5.74) is 1.25. The molecular formula is C13H18BrClN2. The third-order valence-electron chi connectivity index (χ3n) is 3.14. The Bertz CT molecular complexity index is 384. The minimum atomic E-state index is 0.629. The van der Waals surface area contributed by atoms with E-state index in [9.17, 15) is 0 Å². The van der Waals surface area contributed by atoms with Crippen LogP contribution >= 0.6 is 27.5 Å². The van der Waals surface area contributed by atoms with Gasteiger partial charge in [-0.3, -0.25) is 0 Å². The van der Waals surface area contributed by atoms with Crippen molar-refractivity contribution in [3.8, 4) is 0 Å². The molecule has 2 rings (SSSR count). The third kappa shape index (κ3) is 3.36. The highest BCUT2D eigenvalue weighted by atomic mass is 79.9. The summed E-state index contributed by atoms with van der Waals surface area (Å²) in [7, 11) is 0. The molecular weight excluding hydrogens is 300 g/mol. The molecule has 1 fully saturated rings. The smallest absolute Gasteiger partial charge is 0.0549 e. The van der Waals surface area contributed by atoms with Crippen LogP contribution in [0.15, 0.2) is 22.7 Å². The SMILES string of the molecule is CCCNC1CCN(c2ccc(Cl)c(Br)c2)C1. The van der Waals surface area contributed by atoms with Gasteiger partial charge in [0.05, 0.1) is 5.02 Å². The summed E-state index contributed by atoms with van der Waals surface area (Å²) in [5.74, 6) is 0. The van der Waals surface area contributed by atoms with Gasteiger partial charge in [0.25, 0.3) is 0 Å². The second kappa shape index (κ2) is 6.07. The Balaban J connectivity index is 1.97. The van der Waals surface area contributed by atoms with Gasteiger partial charge in [-0.2, -0.15) is 0 Å². The van der Waals surface area contributed by atoms with Crippen LogP contribution < -0.4 is 10.2 Å². The average Bonchev–Trinajstić information content (AvgIpc) is 2.79. The van der Waals surface area contributed by atoms with Gasteiger partial charge in [0.1, 0.15) is 0 Å². The van der Waals surface area contributed by atoms with Crippen LogP contribution in [0.1, 0.15) is 19.8 Å². The van der Waals surface area contributed by atoms with Crippen molar-refractivity contribution in [3.05, 3.63) is 27.7 Å². The Morgan fingerprint density at radius 3 is 3.06 bits per heavy atom. The lowest BCUT2D eigenvalue weighted by Crippen LogP contribution is -2.32. The fourth-order valence-corrected chi connectivity index (χ4v) is 2.68. The zero-order chi connectivity index (χ0) is 12.3. The summed E-state index contributed by atoms with van der Waals surface area (Å²) in [6.45, 7) is 5.53. The molecule has 0 spiro atoms. The van der Waals surface area contributed by atoms with Gasteiger partial charge >= 0.3 is 0 Å². The second-order valence-electron chi connectivity index (χ2n) is 4.48. The monoisotopic (exact) mass is 316 g/mol. The maximum absolute atomic E-state index is 6.01. The Morgan fingerprint density at radius 1 is 1.53 bits per heavy atom. The third-order valence-corrected chi connectivity index (χ3v) is 4.35. The number of benzene rings is 1. The Morgan fingerprint density at radius 2 is 2.35 bits per heavy atom. The molecule has 0 amide bonds. The summed E-state index contributed by atoms with van der Waals surface area (Å²) < 4.78 is 0.974. The van der Waals surface area contributed by atoms with Crippen LogP contribution in [-0.4, -0.2) is 25.7 Å². The zero-order valence-corrected chi connectivity index (χ0v) is 12.4. The van der Waals surface area contributed by atoms with Gasteiger partial charge in [-0.05, 0) is 53.5 Å². The van der Waals surface area contributed by atoms with Crippen molar-refractivity contribution < 1.29 is 0 Å². The van der Waals surface area contributed by atoms with E-state index >= 15 is 0 Å². The summed E-state index contributed by atoms with van der Waals surface area (Å²) in [4.78, 5) is 2.41. The molecule has 1 saturated heterocycles. The Hall–Kier alpha value is -0.250. The average molecular weight is 318 g/mol. The van der Waals surface area contributed by atoms with Crippen LogP contribution in [0.4, 0.5) is 5.69 Å². The largest absolute Gasteiger partial charge is 0.370 e. The van der Waals surface area contributed by atoms with Crippen LogP contribution in [-0.2, 0) is 0 Å². The van der Waals surface area contributed by atoms with Crippen molar-refractivity contribution >= 4 is 33.2 Å². The minimum absolute atomic E-state index is 0.629. The Kier molecular flexibility index (Phi) is 4.71. The van der Waals surface area contributed by atoms with Gasteiger partial charge in [-0.15, -0.1) is 0 Å². The second-order valence-corrected chi connectivity index (χ2v) is 5.75. The first-order chi connectivity index (χ1) is 8.20. The van der Waals surface area contributed by atoms with Crippen molar-refractivity contribution in [2.24, 2.45) is 0 Å². The molecule has 2 nitrogen and oxygen atoms in total. The lowest BCUT2D eigenvalue weighted by molar-refractivity contribution is 0.549. The minimum Gasteiger partial charge on any atom is -0.370 e. The van der Waals surface area contributed by atoms with E-state index in [2.05, 4.69) is 45.2 Å². The molecule has 0 radical (unpaired) electrons. The number of hydrogen-bond donors (Lipinski definition) is 1. The highest BCUT2D eigenvalue weighted by Gasteiger charge is 2.22. The molecule has 0 saturated carbocycles. The van der Waals surface area contributed by atoms with Crippen molar-refractivity contribution in [2.45, 2.75) is 25.8 Å². The fourth-order valence-electron chi connectivity index (χ4n) is 2.19. The molecule has 94 valence electrons. The molecule has 1 aromatic carbocycles. The van der Waals surface area contributed by atoms with E-state index in [1.54, 1.807) is 0 Å². The first-order valence-corrected chi connectivity index (χ1v) is 7.31. The van der Waals surface area contributed by atoms with Gasteiger partial charge in [-0.1, -0.05) is 18.5 Å². The van der Waals surface area contributed by atoms with Crippen molar-refractivity contribution in [1.29, 1.82) is 0 Å². The van der Waals surface area contributed by atoms with E-state index in [1.165, 1.54) is 18.5 Å². The van der Waals surface area contributed by atoms with Crippen molar-refractivity contribution in [1.82, 2.24) is 5.32 Å². The van der Waals surface area contributed by atoms with E-state index in [0.29, 0.717) is 6.04 Å². The molecule has 1 unspecified atom stereocenters. The van der Waals surface area contributed by atoms with Crippen molar-refractivity contribution in [2.75, 3.05) is 24.5 Å². The predicted octanol–water partition coefficient (Wildman–Crippen LogP) is 3.68. The first kappa shape index (κ1) is 13.2. The maximum atomic E-state index is 6.01. The molecule has 1 aliphatic heterocycles. The fraction of sp³-hybridized carbons (Fsp3) is 0.538. The highest BCUT2D eigenvalue weighted by molar-refractivity contribution is 9.10. The predicted molar refractivity (Wildman–Crippen MR) is 78.1 cm³/mol. The topological polar surface area (TPSA) is 15.3 Å². The molecule has 1 N–H and O–H groups in total. The molecule has 1 aliphatic rings. The van der Waals surface area contributed by atoms with E-state index in [0.717, 1.165) is 29.1 Å². The van der Waals surface area contributed by atoms with Crippen molar-refractivity contribution in [3.63, 3.8) is 0 Å².